The first-order valence-electron chi connectivity index (χ1n) is 13.4. The third kappa shape index (κ3) is 12.2. The van der Waals surface area contributed by atoms with Crippen LogP contribution in [0.15, 0.2) is 17.1 Å². The molecule has 3 nitrogen and oxygen atoms in total. The molecule has 1 rings (SSSR count). The van der Waals surface area contributed by atoms with E-state index in [-0.39, 0.29) is 6.61 Å². The van der Waals surface area contributed by atoms with Crippen LogP contribution in [0, 0.1) is 0 Å². The Kier molecular flexibility index (Phi) is 17.4. The normalized spacial score (nSPS) is 21.2. The molecule has 0 spiro atoms. The first kappa shape index (κ1) is 27.4. The van der Waals surface area contributed by atoms with Gasteiger partial charge in [-0.05, 0) is 32.6 Å². The lowest BCUT2D eigenvalue weighted by Gasteiger charge is -2.37. The Hall–Kier alpha value is -0.670. The molecule has 1 N–H and O–H groups in total. The van der Waals surface area contributed by atoms with E-state index in [2.05, 4.69) is 32.2 Å². The van der Waals surface area contributed by atoms with Crippen LogP contribution in [-0.2, 0) is 0 Å². The third-order valence-corrected chi connectivity index (χ3v) is 7.00. The molecule has 0 aromatic rings. The van der Waals surface area contributed by atoms with Crippen molar-refractivity contribution >= 4 is 6.21 Å². The number of aliphatic hydroxyl groups excluding tert-OH is 1. The predicted octanol–water partition coefficient (Wildman–Crippen LogP) is 7.43. The number of aliphatic imine (C=N–C) groups is 1. The summed E-state index contributed by atoms with van der Waals surface area (Å²) in [5.74, 6) is 0. The summed E-state index contributed by atoms with van der Waals surface area (Å²) in [6.07, 6.45) is 30.5. The fourth-order valence-electron chi connectivity index (χ4n) is 4.79. The summed E-state index contributed by atoms with van der Waals surface area (Å²) in [6, 6.07) is 0. The van der Waals surface area contributed by atoms with Crippen LogP contribution in [0.25, 0.3) is 0 Å². The average molecular weight is 422 g/mol. The zero-order chi connectivity index (χ0) is 21.8. The van der Waals surface area contributed by atoms with Crippen LogP contribution in [-0.4, -0.2) is 48.2 Å². The van der Waals surface area contributed by atoms with Crippen molar-refractivity contribution in [1.29, 1.82) is 0 Å². The average Bonchev–Trinajstić information content (AvgIpc) is 3.16. The monoisotopic (exact) mass is 421 g/mol. The lowest BCUT2D eigenvalue weighted by molar-refractivity contribution is -0.936. The largest absolute Gasteiger partial charge is 0.391 e. The molecular weight excluding hydrogens is 368 g/mol. The van der Waals surface area contributed by atoms with E-state index in [0.29, 0.717) is 6.17 Å². The van der Waals surface area contributed by atoms with Crippen molar-refractivity contribution in [2.75, 3.05) is 26.2 Å². The highest BCUT2D eigenvalue weighted by atomic mass is 16.3. The minimum absolute atomic E-state index is 0.282. The third-order valence-electron chi connectivity index (χ3n) is 7.00. The van der Waals surface area contributed by atoms with E-state index in [4.69, 9.17) is 4.99 Å². The maximum Gasteiger partial charge on any atom is 0.182 e. The number of allylic oxidation sites excluding steroid dienone is 2. The van der Waals surface area contributed by atoms with Crippen molar-refractivity contribution < 1.29 is 9.59 Å². The second kappa shape index (κ2) is 19.0. The van der Waals surface area contributed by atoms with E-state index in [0.717, 1.165) is 24.1 Å². The Morgan fingerprint density at radius 3 is 1.87 bits per heavy atom. The van der Waals surface area contributed by atoms with Crippen molar-refractivity contribution in [1.82, 2.24) is 0 Å². The van der Waals surface area contributed by atoms with Crippen molar-refractivity contribution in [2.24, 2.45) is 4.99 Å². The first-order chi connectivity index (χ1) is 14.8. The Morgan fingerprint density at radius 2 is 1.33 bits per heavy atom. The van der Waals surface area contributed by atoms with E-state index in [1.807, 2.05) is 0 Å². The number of hydrogen-bond donors (Lipinski definition) is 1. The van der Waals surface area contributed by atoms with Gasteiger partial charge in [0.25, 0.3) is 0 Å². The summed E-state index contributed by atoms with van der Waals surface area (Å²) in [5.41, 5.74) is 0. The van der Waals surface area contributed by atoms with Gasteiger partial charge in [-0.3, -0.25) is 4.48 Å². The highest BCUT2D eigenvalue weighted by Crippen LogP contribution is 2.24. The molecule has 3 heteroatoms. The minimum atomic E-state index is 0.282. The van der Waals surface area contributed by atoms with Crippen LogP contribution in [0.1, 0.15) is 123 Å². The van der Waals surface area contributed by atoms with Crippen molar-refractivity contribution in [3.8, 4) is 0 Å². The fraction of sp³-hybridized carbons (Fsp3) is 0.889. The van der Waals surface area contributed by atoms with E-state index in [9.17, 15) is 5.11 Å². The van der Waals surface area contributed by atoms with Crippen LogP contribution in [0.2, 0.25) is 0 Å². The summed E-state index contributed by atoms with van der Waals surface area (Å²) in [4.78, 5) is 4.73. The second-order valence-electron chi connectivity index (χ2n) is 9.41. The molecule has 1 aliphatic rings. The minimum Gasteiger partial charge on any atom is -0.391 e. The smallest absolute Gasteiger partial charge is 0.182 e. The molecule has 1 aliphatic heterocycles. The molecule has 0 radical (unpaired) electrons. The molecule has 0 bridgehead atoms. The molecule has 2 atom stereocenters. The lowest BCUT2D eigenvalue weighted by atomic mass is 10.0. The van der Waals surface area contributed by atoms with Gasteiger partial charge in [0.05, 0.1) is 19.4 Å². The Bertz CT molecular complexity index is 435. The topological polar surface area (TPSA) is 32.6 Å². The van der Waals surface area contributed by atoms with E-state index >= 15 is 0 Å². The summed E-state index contributed by atoms with van der Waals surface area (Å²) in [6.45, 7) is 7.74. The van der Waals surface area contributed by atoms with Crippen LogP contribution < -0.4 is 0 Å². The molecule has 0 aromatic carbocycles. The molecule has 0 saturated carbocycles. The summed E-state index contributed by atoms with van der Waals surface area (Å²) < 4.78 is 0.978. The van der Waals surface area contributed by atoms with Gasteiger partial charge < -0.3 is 5.11 Å². The van der Waals surface area contributed by atoms with Gasteiger partial charge in [-0.1, -0.05) is 96.1 Å². The van der Waals surface area contributed by atoms with Crippen LogP contribution in [0.3, 0.4) is 0 Å². The summed E-state index contributed by atoms with van der Waals surface area (Å²) in [5, 5.41) is 9.39. The molecule has 0 saturated heterocycles. The van der Waals surface area contributed by atoms with Crippen molar-refractivity contribution in [3.05, 3.63) is 12.2 Å². The van der Waals surface area contributed by atoms with Crippen LogP contribution in [0.4, 0.5) is 0 Å². The predicted molar refractivity (Wildman–Crippen MR) is 133 cm³/mol. The number of nitrogens with zero attached hydrogens (tertiary/aromatic N) is 2. The number of rotatable bonds is 21. The number of likely N-dealkylation sites (N-methyl/N-ethyl adjacent to an activating group) is 1. The number of hydrogen-bond acceptors (Lipinski definition) is 2. The van der Waals surface area contributed by atoms with E-state index < -0.39 is 0 Å². The van der Waals surface area contributed by atoms with Gasteiger partial charge in [-0.25, -0.2) is 4.99 Å². The van der Waals surface area contributed by atoms with Gasteiger partial charge in [0.2, 0.25) is 0 Å². The maximum absolute atomic E-state index is 9.39. The highest BCUT2D eigenvalue weighted by molar-refractivity contribution is 5.60. The molecule has 176 valence electrons. The second-order valence-corrected chi connectivity index (χ2v) is 9.41. The Balaban J connectivity index is 1.84. The van der Waals surface area contributed by atoms with Gasteiger partial charge in [0.1, 0.15) is 13.1 Å². The quantitative estimate of drug-likeness (QED) is 0.117. The van der Waals surface area contributed by atoms with Gasteiger partial charge in [-0.15, -0.1) is 0 Å². The van der Waals surface area contributed by atoms with Crippen LogP contribution in [0.5, 0.6) is 0 Å². The Labute approximate surface area is 188 Å². The molecule has 30 heavy (non-hydrogen) atoms. The highest BCUT2D eigenvalue weighted by Gasteiger charge is 2.36. The molecule has 0 aliphatic carbocycles. The molecule has 1 heterocycles. The molecule has 0 amide bonds. The van der Waals surface area contributed by atoms with Crippen molar-refractivity contribution in [2.45, 2.75) is 129 Å². The summed E-state index contributed by atoms with van der Waals surface area (Å²) >= 11 is 0. The van der Waals surface area contributed by atoms with Gasteiger partial charge in [0.15, 0.2) is 6.17 Å². The van der Waals surface area contributed by atoms with Gasteiger partial charge in [-0.2, -0.15) is 0 Å². The van der Waals surface area contributed by atoms with Gasteiger partial charge in [0, 0.05) is 6.42 Å². The number of aliphatic hydroxyl groups is 1. The lowest BCUT2D eigenvalue weighted by Crippen LogP contribution is -2.53. The standard InChI is InChI=1S/C27H53N2O/c1-3-5-6-7-8-9-10-11-12-13-14-15-16-17-18-19-20-21-22-27-28-23-24-29(27,4-2)25-26-30/h7-8,23,27,30H,3-6,9-22,24-26H2,1-2H3/q+1/b8-7+. The zero-order valence-corrected chi connectivity index (χ0v) is 20.5. The zero-order valence-electron chi connectivity index (χ0n) is 20.5. The first-order valence-corrected chi connectivity index (χ1v) is 13.4. The fourth-order valence-corrected chi connectivity index (χ4v) is 4.79. The van der Waals surface area contributed by atoms with Crippen molar-refractivity contribution in [3.63, 3.8) is 0 Å². The Morgan fingerprint density at radius 1 is 0.800 bits per heavy atom. The van der Waals surface area contributed by atoms with E-state index in [1.165, 1.54) is 109 Å². The van der Waals surface area contributed by atoms with Crippen LogP contribution >= 0.6 is 0 Å². The maximum atomic E-state index is 9.39. The molecule has 2 unspecified atom stereocenters. The molecular formula is C27H53N2O+. The SMILES string of the molecule is CCCC/C=C/CCCCCCCCCCCCCCC1N=CC[N+]1(CC)CCO. The molecule has 0 aromatic heterocycles. The number of quaternary nitrogens is 1. The number of unbranched alkanes of at least 4 members (excludes halogenated alkanes) is 14. The van der Waals surface area contributed by atoms with E-state index in [1.54, 1.807) is 0 Å². The summed E-state index contributed by atoms with van der Waals surface area (Å²) in [7, 11) is 0. The molecule has 0 fully saturated rings. The van der Waals surface area contributed by atoms with Gasteiger partial charge >= 0.3 is 0 Å².